The second-order valence-corrected chi connectivity index (χ2v) is 7.62. The maximum Gasteiger partial charge on any atom is 0.337 e. The molecule has 2 aromatic rings. The number of hydrogen-bond donors (Lipinski definition) is 1. The Morgan fingerprint density at radius 3 is 2.46 bits per heavy atom. The fourth-order valence-electron chi connectivity index (χ4n) is 5.40. The smallest absolute Gasteiger partial charge is 0.337 e. The molecule has 0 aromatic carbocycles. The van der Waals surface area contributed by atoms with Gasteiger partial charge in [-0.2, -0.15) is 0 Å². The van der Waals surface area contributed by atoms with E-state index in [0.717, 1.165) is 30.4 Å². The van der Waals surface area contributed by atoms with Crippen molar-refractivity contribution in [1.82, 2.24) is 14.5 Å². The van der Waals surface area contributed by atoms with Gasteiger partial charge in [-0.05, 0) is 48.8 Å². The van der Waals surface area contributed by atoms with E-state index in [1.54, 1.807) is 6.07 Å². The first-order chi connectivity index (χ1) is 11.7. The van der Waals surface area contributed by atoms with Gasteiger partial charge in [0.2, 0.25) is 0 Å². The van der Waals surface area contributed by atoms with E-state index in [9.17, 15) is 9.90 Å². The lowest BCUT2D eigenvalue weighted by Gasteiger charge is -2.55. The molecule has 3 aliphatic heterocycles. The van der Waals surface area contributed by atoms with Crippen LogP contribution in [0.15, 0.2) is 36.8 Å². The zero-order valence-corrected chi connectivity index (χ0v) is 13.5. The molecule has 2 aromatic heterocycles. The van der Waals surface area contributed by atoms with Gasteiger partial charge in [-0.15, -0.1) is 0 Å². The molecule has 1 aliphatic carbocycles. The molecule has 5 heterocycles. The normalized spacial score (nSPS) is 33.8. The summed E-state index contributed by atoms with van der Waals surface area (Å²) in [5, 5.41) is 9.78. The van der Waals surface area contributed by atoms with Gasteiger partial charge in [-0.25, -0.2) is 4.79 Å². The van der Waals surface area contributed by atoms with Crippen LogP contribution < -0.4 is 0 Å². The maximum atomic E-state index is 11.9. The van der Waals surface area contributed by atoms with Gasteiger partial charge >= 0.3 is 5.97 Å². The van der Waals surface area contributed by atoms with Crippen LogP contribution in [0.4, 0.5) is 0 Å². The van der Waals surface area contributed by atoms with Crippen LogP contribution >= 0.6 is 0 Å². The van der Waals surface area contributed by atoms with E-state index >= 15 is 0 Å². The highest BCUT2D eigenvalue weighted by Gasteiger charge is 2.49. The van der Waals surface area contributed by atoms with E-state index in [1.165, 1.54) is 19.4 Å². The fraction of sp³-hybridized carbons (Fsp3) is 0.474. The SMILES string of the molecule is O=C(O)c1cc(-n2cccc2)cnc1C1C2CC3CC1CN(C3)C2. The molecule has 5 heteroatoms. The number of piperidine rings is 3. The van der Waals surface area contributed by atoms with Gasteiger partial charge in [0, 0.05) is 37.9 Å². The summed E-state index contributed by atoms with van der Waals surface area (Å²) in [5.74, 6) is 1.40. The summed E-state index contributed by atoms with van der Waals surface area (Å²) in [5.41, 5.74) is 2.01. The Balaban J connectivity index is 1.57. The average molecular weight is 323 g/mol. The lowest BCUT2D eigenvalue weighted by molar-refractivity contribution is -0.0370. The average Bonchev–Trinajstić information content (AvgIpc) is 3.08. The van der Waals surface area contributed by atoms with Gasteiger partial charge in [-0.3, -0.25) is 4.98 Å². The first kappa shape index (κ1) is 14.2. The number of hydrogen-bond acceptors (Lipinski definition) is 3. The van der Waals surface area contributed by atoms with Crippen molar-refractivity contribution < 1.29 is 9.90 Å². The molecule has 1 saturated carbocycles. The van der Waals surface area contributed by atoms with Crippen molar-refractivity contribution in [2.75, 3.05) is 19.6 Å². The molecule has 0 spiro atoms. The van der Waals surface area contributed by atoms with Crippen LogP contribution in [0.2, 0.25) is 0 Å². The first-order valence-corrected chi connectivity index (χ1v) is 8.78. The zero-order chi connectivity index (χ0) is 16.3. The predicted octanol–water partition coefficient (Wildman–Crippen LogP) is 2.63. The van der Waals surface area contributed by atoms with Crippen LogP contribution in [0, 0.1) is 17.8 Å². The molecule has 0 radical (unpaired) electrons. The number of carbonyl (C=O) groups is 1. The predicted molar refractivity (Wildman–Crippen MR) is 89.4 cm³/mol. The van der Waals surface area contributed by atoms with Gasteiger partial charge < -0.3 is 14.6 Å². The summed E-state index contributed by atoms with van der Waals surface area (Å²) in [6.07, 6.45) is 8.12. The molecule has 6 rings (SSSR count). The third-order valence-corrected chi connectivity index (χ3v) is 6.14. The molecule has 3 saturated heterocycles. The van der Waals surface area contributed by atoms with E-state index in [2.05, 4.69) is 9.88 Å². The number of pyridine rings is 1. The van der Waals surface area contributed by atoms with Gasteiger partial charge in [0.1, 0.15) is 0 Å². The van der Waals surface area contributed by atoms with Crippen molar-refractivity contribution >= 4 is 5.97 Å². The van der Waals surface area contributed by atoms with Crippen molar-refractivity contribution in [2.24, 2.45) is 17.8 Å². The molecule has 4 bridgehead atoms. The van der Waals surface area contributed by atoms with Gasteiger partial charge in [-0.1, -0.05) is 0 Å². The van der Waals surface area contributed by atoms with Gasteiger partial charge in [0.05, 0.1) is 23.1 Å². The van der Waals surface area contributed by atoms with E-state index in [4.69, 9.17) is 0 Å². The Morgan fingerprint density at radius 2 is 1.83 bits per heavy atom. The Labute approximate surface area is 140 Å². The fourth-order valence-corrected chi connectivity index (χ4v) is 5.40. The van der Waals surface area contributed by atoms with Crippen molar-refractivity contribution in [3.63, 3.8) is 0 Å². The number of aromatic carboxylic acids is 1. The summed E-state index contributed by atoms with van der Waals surface area (Å²) in [7, 11) is 0. The number of aromatic nitrogens is 2. The quantitative estimate of drug-likeness (QED) is 0.943. The molecule has 4 aliphatic rings. The van der Waals surface area contributed by atoms with Crippen molar-refractivity contribution in [2.45, 2.75) is 18.8 Å². The van der Waals surface area contributed by atoms with Crippen LogP contribution in [0.5, 0.6) is 0 Å². The Hall–Kier alpha value is -2.14. The van der Waals surface area contributed by atoms with Crippen molar-refractivity contribution in [3.8, 4) is 5.69 Å². The monoisotopic (exact) mass is 323 g/mol. The molecule has 1 N–H and O–H groups in total. The maximum absolute atomic E-state index is 11.9. The first-order valence-electron chi connectivity index (χ1n) is 8.78. The standard InChI is InChI=1S/C19H21N3O2/c23-19(24)16-7-15(22-3-1-2-4-22)8-20-18(16)17-13-5-12-6-14(17)11-21(9-12)10-13/h1-4,7-8,12-14,17H,5-6,9-11H2,(H,23,24). The third kappa shape index (κ3) is 2.11. The van der Waals surface area contributed by atoms with Crippen molar-refractivity contribution in [3.05, 3.63) is 48.0 Å². The molecule has 124 valence electrons. The van der Waals surface area contributed by atoms with Crippen LogP contribution in [0.1, 0.15) is 34.8 Å². The summed E-state index contributed by atoms with van der Waals surface area (Å²) in [6.45, 7) is 3.46. The Kier molecular flexibility index (Phi) is 3.07. The number of rotatable bonds is 3. The number of carboxylic acids is 1. The molecule has 5 nitrogen and oxygen atoms in total. The largest absolute Gasteiger partial charge is 0.478 e. The van der Waals surface area contributed by atoms with E-state index in [-0.39, 0.29) is 0 Å². The van der Waals surface area contributed by atoms with Gasteiger partial charge in [0.15, 0.2) is 0 Å². The molecular formula is C19H21N3O2. The van der Waals surface area contributed by atoms with Crippen LogP contribution in [-0.2, 0) is 0 Å². The van der Waals surface area contributed by atoms with Crippen LogP contribution in [0.25, 0.3) is 5.69 Å². The minimum Gasteiger partial charge on any atom is -0.478 e. The summed E-state index contributed by atoms with van der Waals surface area (Å²) >= 11 is 0. The third-order valence-electron chi connectivity index (χ3n) is 6.14. The minimum atomic E-state index is -0.861. The summed E-state index contributed by atoms with van der Waals surface area (Å²) in [4.78, 5) is 19.2. The van der Waals surface area contributed by atoms with E-state index in [1.807, 2.05) is 35.3 Å². The topological polar surface area (TPSA) is 58.4 Å². The summed E-state index contributed by atoms with van der Waals surface area (Å²) < 4.78 is 1.91. The number of nitrogens with zero attached hydrogens (tertiary/aromatic N) is 3. The molecule has 0 amide bonds. The molecule has 2 atom stereocenters. The van der Waals surface area contributed by atoms with E-state index in [0.29, 0.717) is 23.3 Å². The lowest BCUT2D eigenvalue weighted by Crippen LogP contribution is -2.57. The highest BCUT2D eigenvalue weighted by molar-refractivity contribution is 5.89. The van der Waals surface area contributed by atoms with Crippen LogP contribution in [0.3, 0.4) is 0 Å². The minimum absolute atomic E-state index is 0.308. The second-order valence-electron chi connectivity index (χ2n) is 7.62. The summed E-state index contributed by atoms with van der Waals surface area (Å²) in [6, 6.07) is 5.65. The van der Waals surface area contributed by atoms with Crippen molar-refractivity contribution in [1.29, 1.82) is 0 Å². The Bertz CT molecular complexity index is 756. The number of carboxylic acid groups (broad SMARTS) is 1. The molecule has 4 fully saturated rings. The Morgan fingerprint density at radius 1 is 1.12 bits per heavy atom. The van der Waals surface area contributed by atoms with Gasteiger partial charge in [0.25, 0.3) is 0 Å². The molecule has 2 unspecified atom stereocenters. The molecular weight excluding hydrogens is 302 g/mol. The van der Waals surface area contributed by atoms with Crippen LogP contribution in [-0.4, -0.2) is 45.2 Å². The second kappa shape index (κ2) is 5.18. The highest BCUT2D eigenvalue weighted by atomic mass is 16.4. The molecule has 24 heavy (non-hydrogen) atoms. The highest BCUT2D eigenvalue weighted by Crippen LogP contribution is 2.51. The van der Waals surface area contributed by atoms with E-state index < -0.39 is 5.97 Å². The lowest BCUT2D eigenvalue weighted by atomic mass is 9.60. The zero-order valence-electron chi connectivity index (χ0n) is 13.5.